The molecule has 0 saturated heterocycles. The molecule has 1 aliphatic rings. The highest BCUT2D eigenvalue weighted by Crippen LogP contribution is 2.17. The van der Waals surface area contributed by atoms with E-state index in [1.807, 2.05) is 0 Å². The predicted octanol–water partition coefficient (Wildman–Crippen LogP) is 0.928. The van der Waals surface area contributed by atoms with Gasteiger partial charge in [0, 0.05) is 0 Å². The predicted molar refractivity (Wildman–Crippen MR) is 51.5 cm³/mol. The smallest absolute Gasteiger partial charge is 0.299 e. The lowest BCUT2D eigenvalue weighted by Gasteiger charge is -2.02. The van der Waals surface area contributed by atoms with Crippen molar-refractivity contribution in [3.63, 3.8) is 0 Å². The molecule has 2 heterocycles. The summed E-state index contributed by atoms with van der Waals surface area (Å²) in [5.74, 6) is -0.430. The monoisotopic (exact) mass is 206 g/mol. The second-order valence-electron chi connectivity index (χ2n) is 3.36. The van der Waals surface area contributed by atoms with Crippen molar-refractivity contribution in [1.29, 1.82) is 0 Å². The molecule has 4 nitrogen and oxygen atoms in total. The summed E-state index contributed by atoms with van der Waals surface area (Å²) in [5.41, 5.74) is 0.224. The quantitative estimate of drug-likeness (QED) is 0.644. The normalized spacial score (nSPS) is 13.9. The molecule has 1 aromatic heterocycles. The molecule has 0 bridgehead atoms. The van der Waals surface area contributed by atoms with Gasteiger partial charge >= 0.3 is 0 Å². The summed E-state index contributed by atoms with van der Waals surface area (Å²) in [5, 5.41) is 0.296. The highest BCUT2D eigenvalue weighted by atomic mass is 19.1. The molecular weight excluding hydrogens is 199 g/mol. The molecule has 1 aromatic carbocycles. The van der Waals surface area contributed by atoms with Gasteiger partial charge in [0.05, 0.1) is 17.4 Å². The van der Waals surface area contributed by atoms with Crippen molar-refractivity contribution < 1.29 is 9.13 Å². The van der Waals surface area contributed by atoms with Crippen molar-refractivity contribution in [2.24, 2.45) is 0 Å². The first kappa shape index (κ1) is 8.40. The van der Waals surface area contributed by atoms with Crippen LogP contribution in [-0.4, -0.2) is 16.2 Å². The van der Waals surface area contributed by atoms with E-state index in [1.165, 1.54) is 22.8 Å². The summed E-state index contributed by atoms with van der Waals surface area (Å²) in [6, 6.07) is 4.28. The van der Waals surface area contributed by atoms with Gasteiger partial charge in [0.15, 0.2) is 0 Å². The average molecular weight is 206 g/mol. The van der Waals surface area contributed by atoms with Crippen molar-refractivity contribution in [2.75, 3.05) is 6.61 Å². The molecule has 76 valence electrons. The summed E-state index contributed by atoms with van der Waals surface area (Å²) >= 11 is 0. The number of benzene rings is 1. The molecular formula is C10H7FN2O2. The molecule has 1 aliphatic heterocycles. The van der Waals surface area contributed by atoms with Crippen LogP contribution in [0.15, 0.2) is 23.0 Å². The van der Waals surface area contributed by atoms with Crippen molar-refractivity contribution >= 4 is 10.9 Å². The Kier molecular flexibility index (Phi) is 1.56. The second-order valence-corrected chi connectivity index (χ2v) is 3.36. The topological polar surface area (TPSA) is 44.1 Å². The summed E-state index contributed by atoms with van der Waals surface area (Å²) < 4.78 is 19.6. The number of hydrogen-bond acceptors (Lipinski definition) is 3. The Bertz CT molecular complexity index is 606. The zero-order valence-electron chi connectivity index (χ0n) is 7.74. The van der Waals surface area contributed by atoms with Crippen molar-refractivity contribution in [1.82, 2.24) is 9.55 Å². The molecule has 0 fully saturated rings. The Morgan fingerprint density at radius 1 is 1.47 bits per heavy atom. The van der Waals surface area contributed by atoms with Gasteiger partial charge in [-0.25, -0.2) is 4.39 Å². The van der Waals surface area contributed by atoms with Gasteiger partial charge in [-0.15, -0.1) is 0 Å². The maximum absolute atomic E-state index is 13.0. The lowest BCUT2D eigenvalue weighted by Crippen LogP contribution is -2.18. The van der Waals surface area contributed by atoms with Gasteiger partial charge in [-0.05, 0) is 18.2 Å². The highest BCUT2D eigenvalue weighted by molar-refractivity contribution is 5.77. The Hall–Kier alpha value is -1.91. The van der Waals surface area contributed by atoms with Gasteiger partial charge in [-0.2, -0.15) is 4.98 Å². The molecule has 0 N–H and O–H groups in total. The number of nitrogens with zero attached hydrogens (tertiary/aromatic N) is 2. The number of aromatic nitrogens is 2. The largest absolute Gasteiger partial charge is 0.463 e. The number of hydrogen-bond donors (Lipinski definition) is 0. The summed E-state index contributed by atoms with van der Waals surface area (Å²) in [6.45, 7) is 0.925. The van der Waals surface area contributed by atoms with Crippen LogP contribution in [0.1, 0.15) is 0 Å². The van der Waals surface area contributed by atoms with E-state index < -0.39 is 5.82 Å². The summed E-state index contributed by atoms with van der Waals surface area (Å²) in [6.07, 6.45) is 0. The van der Waals surface area contributed by atoms with E-state index in [-0.39, 0.29) is 5.56 Å². The molecule has 0 amide bonds. The first-order chi connectivity index (χ1) is 7.25. The van der Waals surface area contributed by atoms with Crippen LogP contribution in [0.2, 0.25) is 0 Å². The molecule has 3 rings (SSSR count). The first-order valence-electron chi connectivity index (χ1n) is 4.58. The fourth-order valence-corrected chi connectivity index (χ4v) is 1.71. The van der Waals surface area contributed by atoms with Gasteiger partial charge in [0.25, 0.3) is 11.6 Å². The Balaban J connectivity index is 2.47. The molecule has 0 unspecified atom stereocenters. The van der Waals surface area contributed by atoms with Gasteiger partial charge in [0.2, 0.25) is 0 Å². The zero-order chi connectivity index (χ0) is 10.4. The lowest BCUT2D eigenvalue weighted by atomic mass is 10.2. The zero-order valence-corrected chi connectivity index (χ0v) is 7.74. The minimum Gasteiger partial charge on any atom is -0.463 e. The van der Waals surface area contributed by atoms with Crippen LogP contribution in [0.5, 0.6) is 6.01 Å². The molecule has 0 saturated carbocycles. The first-order valence-corrected chi connectivity index (χ1v) is 4.58. The van der Waals surface area contributed by atoms with Crippen LogP contribution in [0.25, 0.3) is 10.9 Å². The van der Waals surface area contributed by atoms with Gasteiger partial charge in [-0.1, -0.05) is 0 Å². The molecule has 0 spiro atoms. The number of halogens is 1. The third-order valence-corrected chi connectivity index (χ3v) is 2.43. The minimum atomic E-state index is -0.430. The van der Waals surface area contributed by atoms with Crippen LogP contribution in [0, 0.1) is 5.82 Å². The average Bonchev–Trinajstić information content (AvgIpc) is 2.68. The summed E-state index contributed by atoms with van der Waals surface area (Å²) in [7, 11) is 0. The Morgan fingerprint density at radius 2 is 2.33 bits per heavy atom. The van der Waals surface area contributed by atoms with E-state index in [0.717, 1.165) is 0 Å². The van der Waals surface area contributed by atoms with Crippen LogP contribution in [0.3, 0.4) is 0 Å². The fraction of sp³-hybridized carbons (Fsp3) is 0.200. The maximum Gasteiger partial charge on any atom is 0.299 e. The van der Waals surface area contributed by atoms with Crippen molar-refractivity contribution in [3.8, 4) is 6.01 Å². The van der Waals surface area contributed by atoms with E-state index in [9.17, 15) is 9.18 Å². The summed E-state index contributed by atoms with van der Waals surface area (Å²) in [4.78, 5) is 16.0. The van der Waals surface area contributed by atoms with Gasteiger partial charge in [0.1, 0.15) is 12.4 Å². The molecule has 0 atom stereocenters. The fourth-order valence-electron chi connectivity index (χ4n) is 1.71. The van der Waals surface area contributed by atoms with Crippen LogP contribution in [-0.2, 0) is 6.54 Å². The SMILES string of the molecule is O=c1c2cc(F)ccc2nc2n1CCO2. The van der Waals surface area contributed by atoms with Gasteiger partial charge in [-0.3, -0.25) is 9.36 Å². The van der Waals surface area contributed by atoms with E-state index in [0.29, 0.717) is 30.1 Å². The van der Waals surface area contributed by atoms with E-state index in [4.69, 9.17) is 4.74 Å². The number of ether oxygens (including phenoxy) is 1. The van der Waals surface area contributed by atoms with Crippen molar-refractivity contribution in [2.45, 2.75) is 6.54 Å². The molecule has 5 heteroatoms. The van der Waals surface area contributed by atoms with E-state index in [2.05, 4.69) is 4.98 Å². The third kappa shape index (κ3) is 1.12. The Morgan fingerprint density at radius 3 is 3.20 bits per heavy atom. The van der Waals surface area contributed by atoms with E-state index in [1.54, 1.807) is 0 Å². The van der Waals surface area contributed by atoms with Gasteiger partial charge < -0.3 is 4.74 Å². The maximum atomic E-state index is 13.0. The third-order valence-electron chi connectivity index (χ3n) is 2.43. The minimum absolute atomic E-state index is 0.244. The Labute approximate surface area is 83.9 Å². The lowest BCUT2D eigenvalue weighted by molar-refractivity contribution is 0.345. The van der Waals surface area contributed by atoms with E-state index >= 15 is 0 Å². The molecule has 0 radical (unpaired) electrons. The highest BCUT2D eigenvalue weighted by Gasteiger charge is 2.17. The number of rotatable bonds is 0. The van der Waals surface area contributed by atoms with Crippen LogP contribution >= 0.6 is 0 Å². The standard InChI is InChI=1S/C10H7FN2O2/c11-6-1-2-8-7(5-6)9(14)13-3-4-15-10(13)12-8/h1-2,5H,3-4H2. The van der Waals surface area contributed by atoms with Crippen LogP contribution in [0.4, 0.5) is 4.39 Å². The van der Waals surface area contributed by atoms with Crippen LogP contribution < -0.4 is 10.3 Å². The molecule has 15 heavy (non-hydrogen) atoms. The molecule has 2 aromatic rings. The molecule has 0 aliphatic carbocycles. The van der Waals surface area contributed by atoms with Crippen molar-refractivity contribution in [3.05, 3.63) is 34.4 Å². The second kappa shape index (κ2) is 2.79. The number of fused-ring (bicyclic) bond motifs is 2.